The third-order valence-electron chi connectivity index (χ3n) is 2.91. The molecule has 0 saturated carbocycles. The average Bonchev–Trinajstić information content (AvgIpc) is 2.50. The second kappa shape index (κ2) is 2.91. The Morgan fingerprint density at radius 3 is 3.08 bits per heavy atom. The quantitative estimate of drug-likeness (QED) is 0.690. The number of aromatic nitrogens is 1. The Hall–Kier alpha value is -1.25. The standard InChI is InChI=1S/C10H13NO2/c1-6-2-3-7-4-11-5-8(7)9(6)10(12)13/h4-6,9,11H,2-3H2,1H3,(H,12,13). The maximum atomic E-state index is 11.0. The first kappa shape index (κ1) is 8.35. The number of hydrogen-bond acceptors (Lipinski definition) is 1. The lowest BCUT2D eigenvalue weighted by atomic mass is 9.78. The van der Waals surface area contributed by atoms with Gasteiger partial charge in [-0.3, -0.25) is 4.79 Å². The van der Waals surface area contributed by atoms with Crippen LogP contribution in [0.5, 0.6) is 0 Å². The molecule has 2 rings (SSSR count). The SMILES string of the molecule is CC1CCc2c[nH]cc2C1C(=O)O. The Morgan fingerprint density at radius 2 is 2.38 bits per heavy atom. The van der Waals surface area contributed by atoms with Gasteiger partial charge in [0.25, 0.3) is 0 Å². The zero-order chi connectivity index (χ0) is 9.42. The number of H-pyrrole nitrogens is 1. The lowest BCUT2D eigenvalue weighted by molar-refractivity contribution is -0.140. The molecule has 1 heterocycles. The van der Waals surface area contributed by atoms with Crippen molar-refractivity contribution in [2.45, 2.75) is 25.7 Å². The first-order valence-electron chi connectivity index (χ1n) is 4.58. The highest BCUT2D eigenvalue weighted by molar-refractivity contribution is 5.77. The van der Waals surface area contributed by atoms with Gasteiger partial charge in [0.2, 0.25) is 0 Å². The fourth-order valence-corrected chi connectivity index (χ4v) is 2.15. The van der Waals surface area contributed by atoms with Crippen LogP contribution in [0.3, 0.4) is 0 Å². The van der Waals surface area contributed by atoms with Gasteiger partial charge in [-0.1, -0.05) is 6.92 Å². The summed E-state index contributed by atoms with van der Waals surface area (Å²) in [6.45, 7) is 2.01. The van der Waals surface area contributed by atoms with Gasteiger partial charge in [-0.25, -0.2) is 0 Å². The van der Waals surface area contributed by atoms with Gasteiger partial charge < -0.3 is 10.1 Å². The highest BCUT2D eigenvalue weighted by atomic mass is 16.4. The van der Waals surface area contributed by atoms with Crippen LogP contribution in [0, 0.1) is 5.92 Å². The molecule has 2 unspecified atom stereocenters. The predicted molar refractivity (Wildman–Crippen MR) is 48.7 cm³/mol. The third-order valence-corrected chi connectivity index (χ3v) is 2.91. The van der Waals surface area contributed by atoms with E-state index in [-0.39, 0.29) is 11.8 Å². The molecule has 13 heavy (non-hydrogen) atoms. The van der Waals surface area contributed by atoms with E-state index in [1.54, 1.807) is 0 Å². The van der Waals surface area contributed by atoms with Crippen LogP contribution in [0.1, 0.15) is 30.4 Å². The molecule has 2 N–H and O–H groups in total. The van der Waals surface area contributed by atoms with E-state index < -0.39 is 5.97 Å². The highest BCUT2D eigenvalue weighted by Gasteiger charge is 2.32. The smallest absolute Gasteiger partial charge is 0.311 e. The van der Waals surface area contributed by atoms with Crippen molar-refractivity contribution in [1.82, 2.24) is 4.98 Å². The monoisotopic (exact) mass is 179 g/mol. The summed E-state index contributed by atoms with van der Waals surface area (Å²) in [6.07, 6.45) is 5.71. The van der Waals surface area contributed by atoms with Crippen molar-refractivity contribution in [2.24, 2.45) is 5.92 Å². The molecule has 0 bridgehead atoms. The van der Waals surface area contributed by atoms with Crippen LogP contribution in [-0.2, 0) is 11.2 Å². The number of nitrogens with one attached hydrogen (secondary N) is 1. The van der Waals surface area contributed by atoms with Crippen LogP contribution in [0.15, 0.2) is 12.4 Å². The van der Waals surface area contributed by atoms with E-state index in [1.165, 1.54) is 5.56 Å². The zero-order valence-electron chi connectivity index (χ0n) is 7.58. The molecule has 0 amide bonds. The number of rotatable bonds is 1. The minimum absolute atomic E-state index is 0.251. The van der Waals surface area contributed by atoms with Crippen molar-refractivity contribution in [1.29, 1.82) is 0 Å². The van der Waals surface area contributed by atoms with Crippen LogP contribution in [0.25, 0.3) is 0 Å². The summed E-state index contributed by atoms with van der Waals surface area (Å²) in [6, 6.07) is 0. The van der Waals surface area contributed by atoms with Crippen molar-refractivity contribution >= 4 is 5.97 Å². The maximum absolute atomic E-state index is 11.0. The molecule has 2 atom stereocenters. The second-order valence-corrected chi connectivity index (χ2v) is 3.77. The van der Waals surface area contributed by atoms with Crippen LogP contribution < -0.4 is 0 Å². The number of aliphatic carboxylic acids is 1. The topological polar surface area (TPSA) is 53.1 Å². The van der Waals surface area contributed by atoms with Gasteiger partial charge in [0.05, 0.1) is 5.92 Å². The summed E-state index contributed by atoms with van der Waals surface area (Å²) in [5, 5.41) is 9.06. The molecule has 0 aromatic carbocycles. The molecule has 1 aliphatic rings. The summed E-state index contributed by atoms with van der Waals surface area (Å²) in [4.78, 5) is 14.0. The maximum Gasteiger partial charge on any atom is 0.311 e. The highest BCUT2D eigenvalue weighted by Crippen LogP contribution is 2.35. The Morgan fingerprint density at radius 1 is 1.62 bits per heavy atom. The lowest BCUT2D eigenvalue weighted by Gasteiger charge is -2.25. The van der Waals surface area contributed by atoms with E-state index >= 15 is 0 Å². The van der Waals surface area contributed by atoms with Crippen LogP contribution in [0.2, 0.25) is 0 Å². The normalized spacial score (nSPS) is 26.8. The number of aryl methyl sites for hydroxylation is 1. The predicted octanol–water partition coefficient (Wildman–Crippen LogP) is 1.77. The van der Waals surface area contributed by atoms with Crippen LogP contribution in [0.4, 0.5) is 0 Å². The van der Waals surface area contributed by atoms with Gasteiger partial charge in [-0.05, 0) is 29.9 Å². The Balaban J connectivity index is 2.41. The summed E-state index contributed by atoms with van der Waals surface area (Å²) >= 11 is 0. The van der Waals surface area contributed by atoms with Gasteiger partial charge in [-0.15, -0.1) is 0 Å². The van der Waals surface area contributed by atoms with Crippen LogP contribution in [-0.4, -0.2) is 16.1 Å². The number of hydrogen-bond donors (Lipinski definition) is 2. The van der Waals surface area contributed by atoms with E-state index in [1.807, 2.05) is 19.3 Å². The Bertz CT molecular complexity index is 329. The van der Waals surface area contributed by atoms with Gasteiger partial charge in [0.1, 0.15) is 0 Å². The first-order valence-corrected chi connectivity index (χ1v) is 4.58. The molecule has 0 radical (unpaired) electrons. The van der Waals surface area contributed by atoms with E-state index in [4.69, 9.17) is 5.11 Å². The van der Waals surface area contributed by atoms with Crippen molar-refractivity contribution < 1.29 is 9.90 Å². The van der Waals surface area contributed by atoms with E-state index in [2.05, 4.69) is 4.98 Å². The minimum atomic E-state index is -0.701. The molecule has 1 aromatic rings. The molecule has 1 aliphatic carbocycles. The van der Waals surface area contributed by atoms with Crippen molar-refractivity contribution in [3.8, 4) is 0 Å². The zero-order valence-corrected chi connectivity index (χ0v) is 7.58. The number of aromatic amines is 1. The molecule has 1 aromatic heterocycles. The van der Waals surface area contributed by atoms with E-state index in [0.29, 0.717) is 0 Å². The Kier molecular flexibility index (Phi) is 1.87. The number of carboxylic acids is 1. The van der Waals surface area contributed by atoms with Gasteiger partial charge >= 0.3 is 5.97 Å². The second-order valence-electron chi connectivity index (χ2n) is 3.77. The van der Waals surface area contributed by atoms with Gasteiger partial charge in [0, 0.05) is 12.4 Å². The molecule has 3 heteroatoms. The molecule has 0 spiro atoms. The molecule has 0 saturated heterocycles. The summed E-state index contributed by atoms with van der Waals surface area (Å²) in [5.41, 5.74) is 2.15. The van der Waals surface area contributed by atoms with Crippen molar-refractivity contribution in [3.05, 3.63) is 23.5 Å². The Labute approximate surface area is 76.8 Å². The largest absolute Gasteiger partial charge is 0.481 e. The van der Waals surface area contributed by atoms with Gasteiger partial charge in [0.15, 0.2) is 0 Å². The first-order chi connectivity index (χ1) is 6.20. The number of carbonyl (C=O) groups is 1. The molecule has 0 fully saturated rings. The van der Waals surface area contributed by atoms with Crippen molar-refractivity contribution in [3.63, 3.8) is 0 Å². The number of fused-ring (bicyclic) bond motifs is 1. The fraction of sp³-hybridized carbons (Fsp3) is 0.500. The van der Waals surface area contributed by atoms with Gasteiger partial charge in [-0.2, -0.15) is 0 Å². The molecule has 0 aliphatic heterocycles. The molecule has 70 valence electrons. The summed E-state index contributed by atoms with van der Waals surface area (Å²) in [5.74, 6) is -0.760. The molecular weight excluding hydrogens is 166 g/mol. The third kappa shape index (κ3) is 1.24. The lowest BCUT2D eigenvalue weighted by Crippen LogP contribution is -2.24. The molecular formula is C10H13NO2. The number of carboxylic acid groups (broad SMARTS) is 1. The summed E-state index contributed by atoms with van der Waals surface area (Å²) in [7, 11) is 0. The van der Waals surface area contributed by atoms with E-state index in [9.17, 15) is 4.79 Å². The van der Waals surface area contributed by atoms with Crippen molar-refractivity contribution in [2.75, 3.05) is 0 Å². The summed E-state index contributed by atoms with van der Waals surface area (Å²) < 4.78 is 0. The van der Waals surface area contributed by atoms with Crippen LogP contribution >= 0.6 is 0 Å². The molecule has 3 nitrogen and oxygen atoms in total. The van der Waals surface area contributed by atoms with E-state index in [0.717, 1.165) is 18.4 Å². The average molecular weight is 179 g/mol. The minimum Gasteiger partial charge on any atom is -0.481 e. The fourth-order valence-electron chi connectivity index (χ4n) is 2.15.